The number of amides is 1. The number of tetrazole rings is 1. The summed E-state index contributed by atoms with van der Waals surface area (Å²) >= 11 is 0. The van der Waals surface area contributed by atoms with Crippen molar-refractivity contribution in [3.8, 4) is 0 Å². The van der Waals surface area contributed by atoms with Crippen molar-refractivity contribution < 1.29 is 4.79 Å². The SMILES string of the molecule is O=C(NC1CCN(Cc2ccncc2)CC1)C1CCc2nnnn2CC1. The molecule has 0 bridgehead atoms. The van der Waals surface area contributed by atoms with E-state index in [9.17, 15) is 4.79 Å². The molecule has 26 heavy (non-hydrogen) atoms. The highest BCUT2D eigenvalue weighted by molar-refractivity contribution is 5.79. The first-order valence-electron chi connectivity index (χ1n) is 9.44. The van der Waals surface area contributed by atoms with Crippen molar-refractivity contribution in [3.05, 3.63) is 35.9 Å². The molecule has 4 heterocycles. The van der Waals surface area contributed by atoms with Crippen molar-refractivity contribution in [1.29, 1.82) is 0 Å². The molecule has 2 aliphatic heterocycles. The molecule has 0 saturated carbocycles. The lowest BCUT2D eigenvalue weighted by molar-refractivity contribution is -0.126. The molecule has 1 saturated heterocycles. The second-order valence-electron chi connectivity index (χ2n) is 7.26. The third-order valence-corrected chi connectivity index (χ3v) is 5.47. The number of aryl methyl sites for hydroxylation is 2. The summed E-state index contributed by atoms with van der Waals surface area (Å²) in [5.74, 6) is 1.13. The van der Waals surface area contributed by atoms with Crippen LogP contribution >= 0.6 is 0 Å². The van der Waals surface area contributed by atoms with Gasteiger partial charge < -0.3 is 5.32 Å². The summed E-state index contributed by atoms with van der Waals surface area (Å²) in [6.45, 7) is 3.72. The third kappa shape index (κ3) is 4.07. The van der Waals surface area contributed by atoms with Crippen LogP contribution in [0.2, 0.25) is 0 Å². The van der Waals surface area contributed by atoms with E-state index < -0.39 is 0 Å². The molecule has 2 aromatic rings. The van der Waals surface area contributed by atoms with Gasteiger partial charge in [0.2, 0.25) is 5.91 Å². The number of rotatable bonds is 4. The number of pyridine rings is 1. The first-order valence-corrected chi connectivity index (χ1v) is 9.44. The van der Waals surface area contributed by atoms with Crippen molar-refractivity contribution in [3.63, 3.8) is 0 Å². The van der Waals surface area contributed by atoms with Crippen LogP contribution in [0.1, 0.15) is 37.1 Å². The molecule has 0 aliphatic carbocycles. The Morgan fingerprint density at radius 3 is 2.73 bits per heavy atom. The quantitative estimate of drug-likeness (QED) is 0.873. The second kappa shape index (κ2) is 7.90. The number of nitrogens with one attached hydrogen (secondary N) is 1. The van der Waals surface area contributed by atoms with Crippen LogP contribution in [0.15, 0.2) is 24.5 Å². The lowest BCUT2D eigenvalue weighted by atomic mass is 9.97. The molecule has 0 spiro atoms. The van der Waals surface area contributed by atoms with Crippen LogP contribution in [-0.4, -0.2) is 55.1 Å². The van der Waals surface area contributed by atoms with E-state index in [1.165, 1.54) is 5.56 Å². The first kappa shape index (κ1) is 17.1. The van der Waals surface area contributed by atoms with Gasteiger partial charge in [-0.1, -0.05) is 0 Å². The monoisotopic (exact) mass is 355 g/mol. The van der Waals surface area contributed by atoms with Crippen LogP contribution in [0.4, 0.5) is 0 Å². The maximum absolute atomic E-state index is 12.7. The lowest BCUT2D eigenvalue weighted by Gasteiger charge is -2.33. The van der Waals surface area contributed by atoms with Crippen LogP contribution in [0, 0.1) is 5.92 Å². The summed E-state index contributed by atoms with van der Waals surface area (Å²) in [5.41, 5.74) is 1.29. The molecule has 2 aliphatic rings. The number of fused-ring (bicyclic) bond motifs is 1. The van der Waals surface area contributed by atoms with Gasteiger partial charge in [-0.2, -0.15) is 0 Å². The van der Waals surface area contributed by atoms with Crippen molar-refractivity contribution in [2.45, 2.75) is 51.2 Å². The van der Waals surface area contributed by atoms with E-state index in [0.717, 1.165) is 64.1 Å². The lowest BCUT2D eigenvalue weighted by Crippen LogP contribution is -2.46. The molecule has 2 aromatic heterocycles. The Morgan fingerprint density at radius 1 is 1.12 bits per heavy atom. The Labute approximate surface area is 153 Å². The van der Waals surface area contributed by atoms with E-state index in [2.05, 4.69) is 42.9 Å². The van der Waals surface area contributed by atoms with Crippen molar-refractivity contribution in [2.75, 3.05) is 13.1 Å². The Hall–Kier alpha value is -2.35. The Morgan fingerprint density at radius 2 is 1.92 bits per heavy atom. The van der Waals surface area contributed by atoms with E-state index in [1.807, 2.05) is 17.1 Å². The molecular weight excluding hydrogens is 330 g/mol. The summed E-state index contributed by atoms with van der Waals surface area (Å²) in [6, 6.07) is 4.42. The molecule has 4 rings (SSSR count). The zero-order chi connectivity index (χ0) is 17.8. The van der Waals surface area contributed by atoms with Crippen LogP contribution < -0.4 is 5.32 Å². The number of piperidine rings is 1. The van der Waals surface area contributed by atoms with Gasteiger partial charge in [0.1, 0.15) is 0 Å². The molecule has 1 fully saturated rings. The highest BCUT2D eigenvalue weighted by Gasteiger charge is 2.27. The predicted molar refractivity (Wildman–Crippen MR) is 94.9 cm³/mol. The van der Waals surface area contributed by atoms with Crippen LogP contribution in [0.3, 0.4) is 0 Å². The number of nitrogens with zero attached hydrogens (tertiary/aromatic N) is 6. The largest absolute Gasteiger partial charge is 0.353 e. The number of aromatic nitrogens is 5. The van der Waals surface area contributed by atoms with Gasteiger partial charge in [-0.3, -0.25) is 14.7 Å². The van der Waals surface area contributed by atoms with Crippen LogP contribution in [-0.2, 0) is 24.3 Å². The average Bonchev–Trinajstić information content (AvgIpc) is 3.02. The summed E-state index contributed by atoms with van der Waals surface area (Å²) in [4.78, 5) is 19.2. The predicted octanol–water partition coefficient (Wildman–Crippen LogP) is 0.801. The highest BCUT2D eigenvalue weighted by Crippen LogP contribution is 2.20. The summed E-state index contributed by atoms with van der Waals surface area (Å²) in [5, 5.41) is 15.0. The molecule has 0 radical (unpaired) electrons. The van der Waals surface area contributed by atoms with Gasteiger partial charge in [0.15, 0.2) is 5.82 Å². The fraction of sp³-hybridized carbons (Fsp3) is 0.611. The highest BCUT2D eigenvalue weighted by atomic mass is 16.1. The van der Waals surface area contributed by atoms with E-state index in [1.54, 1.807) is 0 Å². The molecule has 1 amide bonds. The summed E-state index contributed by atoms with van der Waals surface area (Å²) in [6.07, 6.45) is 8.11. The maximum atomic E-state index is 12.7. The number of carbonyl (C=O) groups excluding carboxylic acids is 1. The number of hydrogen-bond donors (Lipinski definition) is 1. The van der Waals surface area contributed by atoms with E-state index >= 15 is 0 Å². The molecule has 0 aromatic carbocycles. The first-order chi connectivity index (χ1) is 12.8. The Kier molecular flexibility index (Phi) is 5.19. The molecule has 8 heteroatoms. The molecule has 1 unspecified atom stereocenters. The zero-order valence-corrected chi connectivity index (χ0v) is 14.9. The summed E-state index contributed by atoms with van der Waals surface area (Å²) < 4.78 is 1.82. The summed E-state index contributed by atoms with van der Waals surface area (Å²) in [7, 11) is 0. The van der Waals surface area contributed by atoms with Crippen LogP contribution in [0.25, 0.3) is 0 Å². The minimum absolute atomic E-state index is 0.0494. The fourth-order valence-corrected chi connectivity index (χ4v) is 3.86. The zero-order valence-electron chi connectivity index (χ0n) is 14.9. The molecule has 8 nitrogen and oxygen atoms in total. The number of likely N-dealkylation sites (tertiary alicyclic amines) is 1. The van der Waals surface area contributed by atoms with Gasteiger partial charge in [0.05, 0.1) is 0 Å². The van der Waals surface area contributed by atoms with Gasteiger partial charge in [-0.15, -0.1) is 5.10 Å². The number of hydrogen-bond acceptors (Lipinski definition) is 6. The molecule has 1 N–H and O–H groups in total. The minimum Gasteiger partial charge on any atom is -0.353 e. The standard InChI is InChI=1S/C18H25N7O/c26-18(15-1-2-17-21-22-23-25(17)12-5-15)20-16-6-10-24(11-7-16)13-14-3-8-19-9-4-14/h3-4,8-9,15-16H,1-2,5-7,10-13H2,(H,20,26). The Bertz CT molecular complexity index is 702. The minimum atomic E-state index is 0.0494. The Balaban J connectivity index is 1.23. The van der Waals surface area contributed by atoms with Gasteiger partial charge in [0, 0.05) is 57.0 Å². The molecule has 1 atom stereocenters. The van der Waals surface area contributed by atoms with Gasteiger partial charge in [-0.25, -0.2) is 4.68 Å². The van der Waals surface area contributed by atoms with Crippen molar-refractivity contribution in [1.82, 2.24) is 35.4 Å². The normalized spacial score (nSPS) is 21.8. The van der Waals surface area contributed by atoms with E-state index in [4.69, 9.17) is 0 Å². The topological polar surface area (TPSA) is 88.8 Å². The van der Waals surface area contributed by atoms with Gasteiger partial charge >= 0.3 is 0 Å². The van der Waals surface area contributed by atoms with Gasteiger partial charge in [0.25, 0.3) is 0 Å². The van der Waals surface area contributed by atoms with Gasteiger partial charge in [-0.05, 0) is 53.8 Å². The van der Waals surface area contributed by atoms with Crippen molar-refractivity contribution >= 4 is 5.91 Å². The van der Waals surface area contributed by atoms with E-state index in [-0.39, 0.29) is 17.9 Å². The third-order valence-electron chi connectivity index (χ3n) is 5.47. The number of carbonyl (C=O) groups is 1. The average molecular weight is 355 g/mol. The molecular formula is C18H25N7O. The second-order valence-corrected chi connectivity index (χ2v) is 7.26. The fourth-order valence-electron chi connectivity index (χ4n) is 3.86. The van der Waals surface area contributed by atoms with E-state index in [0.29, 0.717) is 0 Å². The smallest absolute Gasteiger partial charge is 0.223 e. The maximum Gasteiger partial charge on any atom is 0.223 e. The van der Waals surface area contributed by atoms with Crippen molar-refractivity contribution in [2.24, 2.45) is 5.92 Å². The van der Waals surface area contributed by atoms with Crippen LogP contribution in [0.5, 0.6) is 0 Å². The molecule has 138 valence electrons.